The van der Waals surface area contributed by atoms with Crippen molar-refractivity contribution in [3.05, 3.63) is 0 Å². The van der Waals surface area contributed by atoms with E-state index in [2.05, 4.69) is 31.4 Å². The van der Waals surface area contributed by atoms with Crippen molar-refractivity contribution < 1.29 is 9.59 Å². The van der Waals surface area contributed by atoms with Crippen molar-refractivity contribution in [2.45, 2.75) is 58.5 Å². The van der Waals surface area contributed by atoms with Crippen molar-refractivity contribution in [3.8, 4) is 0 Å². The summed E-state index contributed by atoms with van der Waals surface area (Å²) in [5.41, 5.74) is 0.0426. The zero-order valence-corrected chi connectivity index (χ0v) is 12.6. The fourth-order valence-corrected chi connectivity index (χ4v) is 2.31. The summed E-state index contributed by atoms with van der Waals surface area (Å²) in [7, 11) is 0. The molecule has 1 atom stereocenters. The van der Waals surface area contributed by atoms with Crippen LogP contribution in [0.5, 0.6) is 0 Å². The maximum absolute atomic E-state index is 12.1. The summed E-state index contributed by atoms with van der Waals surface area (Å²) in [4.78, 5) is 25.0. The molecule has 5 heteroatoms. The maximum Gasteiger partial charge on any atom is 0.223 e. The third kappa shape index (κ3) is 6.57. The van der Waals surface area contributed by atoms with Crippen LogP contribution in [0.25, 0.3) is 0 Å². The number of rotatable bonds is 4. The summed E-state index contributed by atoms with van der Waals surface area (Å²) >= 11 is 0. The van der Waals surface area contributed by atoms with Crippen molar-refractivity contribution in [3.63, 3.8) is 0 Å². The highest BCUT2D eigenvalue weighted by atomic mass is 16.2. The topological polar surface area (TPSA) is 61.4 Å². The van der Waals surface area contributed by atoms with E-state index in [0.717, 1.165) is 19.4 Å². The second-order valence-corrected chi connectivity index (χ2v) is 6.31. The van der Waals surface area contributed by atoms with Gasteiger partial charge in [0.2, 0.25) is 11.8 Å². The number of amides is 2. The van der Waals surface area contributed by atoms with Gasteiger partial charge in [-0.2, -0.15) is 0 Å². The zero-order valence-electron chi connectivity index (χ0n) is 12.6. The first-order valence-electron chi connectivity index (χ1n) is 7.08. The molecule has 0 radical (unpaired) electrons. The van der Waals surface area contributed by atoms with Crippen LogP contribution < -0.4 is 10.6 Å². The van der Waals surface area contributed by atoms with Gasteiger partial charge in [-0.05, 0) is 33.6 Å². The van der Waals surface area contributed by atoms with Gasteiger partial charge in [0.1, 0.15) is 0 Å². The molecule has 1 saturated heterocycles. The number of nitrogens with one attached hydrogen (secondary N) is 2. The summed E-state index contributed by atoms with van der Waals surface area (Å²) in [6, 6.07) is 0.116. The predicted molar refractivity (Wildman–Crippen MR) is 75.8 cm³/mol. The van der Waals surface area contributed by atoms with Crippen LogP contribution in [0.1, 0.15) is 47.0 Å². The average Bonchev–Trinajstić information content (AvgIpc) is 2.26. The smallest absolute Gasteiger partial charge is 0.223 e. The van der Waals surface area contributed by atoms with Crippen molar-refractivity contribution >= 4 is 11.8 Å². The highest BCUT2D eigenvalue weighted by molar-refractivity contribution is 5.77. The maximum atomic E-state index is 12.1. The third-order valence-electron chi connectivity index (χ3n) is 3.18. The Hall–Kier alpha value is -1.10. The Labute approximate surface area is 116 Å². The second-order valence-electron chi connectivity index (χ2n) is 6.31. The first-order chi connectivity index (χ1) is 8.78. The van der Waals surface area contributed by atoms with Gasteiger partial charge in [0, 0.05) is 44.6 Å². The molecule has 1 aliphatic heterocycles. The van der Waals surface area contributed by atoms with E-state index in [1.54, 1.807) is 0 Å². The molecule has 0 spiro atoms. The van der Waals surface area contributed by atoms with Crippen LogP contribution >= 0.6 is 0 Å². The molecule has 1 heterocycles. The summed E-state index contributed by atoms with van der Waals surface area (Å²) in [6.45, 7) is 9.94. The number of carbonyl (C=O) groups excluding carboxylic acids is 2. The SMILES string of the molecule is CC(=O)NC1CCCN(C(=O)CCNC(C)(C)C)C1. The van der Waals surface area contributed by atoms with E-state index >= 15 is 0 Å². The molecule has 0 aromatic carbocycles. The average molecular weight is 269 g/mol. The Kier molecular flexibility index (Phi) is 5.79. The van der Waals surface area contributed by atoms with E-state index in [-0.39, 0.29) is 23.4 Å². The lowest BCUT2D eigenvalue weighted by Gasteiger charge is -2.33. The Morgan fingerprint density at radius 1 is 1.32 bits per heavy atom. The van der Waals surface area contributed by atoms with Crippen molar-refractivity contribution in [1.82, 2.24) is 15.5 Å². The molecule has 0 saturated carbocycles. The zero-order chi connectivity index (χ0) is 14.5. The minimum absolute atomic E-state index is 0.0197. The summed E-state index contributed by atoms with van der Waals surface area (Å²) in [5.74, 6) is 0.153. The van der Waals surface area contributed by atoms with E-state index in [1.165, 1.54) is 6.92 Å². The van der Waals surface area contributed by atoms with Gasteiger partial charge >= 0.3 is 0 Å². The second kappa shape index (κ2) is 6.89. The lowest BCUT2D eigenvalue weighted by Crippen LogP contribution is -2.49. The fourth-order valence-electron chi connectivity index (χ4n) is 2.31. The number of nitrogens with zero attached hydrogens (tertiary/aromatic N) is 1. The number of piperidine rings is 1. The normalized spacial score (nSPS) is 20.2. The van der Waals surface area contributed by atoms with Gasteiger partial charge in [-0.25, -0.2) is 0 Å². The Morgan fingerprint density at radius 2 is 2.00 bits per heavy atom. The predicted octanol–water partition coefficient (Wildman–Crippen LogP) is 0.892. The van der Waals surface area contributed by atoms with E-state index in [4.69, 9.17) is 0 Å². The first kappa shape index (κ1) is 16.0. The van der Waals surface area contributed by atoms with Crippen molar-refractivity contribution in [2.75, 3.05) is 19.6 Å². The lowest BCUT2D eigenvalue weighted by atomic mass is 10.0. The van der Waals surface area contributed by atoms with E-state index < -0.39 is 0 Å². The Bertz CT molecular complexity index is 323. The van der Waals surface area contributed by atoms with Gasteiger partial charge in [0.15, 0.2) is 0 Å². The molecule has 5 nitrogen and oxygen atoms in total. The van der Waals surface area contributed by atoms with E-state index in [1.807, 2.05) is 4.90 Å². The van der Waals surface area contributed by atoms with Gasteiger partial charge in [0.05, 0.1) is 0 Å². The van der Waals surface area contributed by atoms with Crippen molar-refractivity contribution in [2.24, 2.45) is 0 Å². The standard InChI is InChI=1S/C14H27N3O2/c1-11(18)16-12-6-5-9-17(10-12)13(19)7-8-15-14(2,3)4/h12,15H,5-10H2,1-4H3,(H,16,18). The van der Waals surface area contributed by atoms with Crippen LogP contribution in [0.15, 0.2) is 0 Å². The molecule has 1 rings (SSSR count). The molecule has 0 aromatic rings. The minimum atomic E-state index is -0.0197. The molecule has 0 bridgehead atoms. The van der Waals surface area contributed by atoms with Crippen LogP contribution in [-0.2, 0) is 9.59 Å². The summed E-state index contributed by atoms with van der Waals surface area (Å²) in [6.07, 6.45) is 2.44. The lowest BCUT2D eigenvalue weighted by molar-refractivity contribution is -0.133. The molecule has 1 fully saturated rings. The molecule has 2 amide bonds. The molecule has 0 aliphatic carbocycles. The fraction of sp³-hybridized carbons (Fsp3) is 0.857. The van der Waals surface area contributed by atoms with Crippen LogP contribution in [0.3, 0.4) is 0 Å². The summed E-state index contributed by atoms with van der Waals surface area (Å²) < 4.78 is 0. The Balaban J connectivity index is 2.33. The molecule has 110 valence electrons. The summed E-state index contributed by atoms with van der Waals surface area (Å²) in [5, 5.41) is 6.22. The molecular weight excluding hydrogens is 242 g/mol. The van der Waals surface area contributed by atoms with Crippen LogP contribution in [0, 0.1) is 0 Å². The highest BCUT2D eigenvalue weighted by Crippen LogP contribution is 2.11. The van der Waals surface area contributed by atoms with Gasteiger partial charge < -0.3 is 15.5 Å². The monoisotopic (exact) mass is 269 g/mol. The van der Waals surface area contributed by atoms with E-state index in [0.29, 0.717) is 19.5 Å². The third-order valence-corrected chi connectivity index (χ3v) is 3.18. The number of hydrogen-bond donors (Lipinski definition) is 2. The van der Waals surface area contributed by atoms with Gasteiger partial charge in [-0.15, -0.1) is 0 Å². The molecule has 2 N–H and O–H groups in total. The molecule has 0 aromatic heterocycles. The molecular formula is C14H27N3O2. The van der Waals surface area contributed by atoms with Crippen molar-refractivity contribution in [1.29, 1.82) is 0 Å². The molecule has 1 unspecified atom stereocenters. The van der Waals surface area contributed by atoms with Crippen LogP contribution in [0.2, 0.25) is 0 Å². The molecule has 19 heavy (non-hydrogen) atoms. The number of likely N-dealkylation sites (tertiary alicyclic amines) is 1. The van der Waals surface area contributed by atoms with E-state index in [9.17, 15) is 9.59 Å². The Morgan fingerprint density at radius 3 is 2.58 bits per heavy atom. The minimum Gasteiger partial charge on any atom is -0.352 e. The van der Waals surface area contributed by atoms with Gasteiger partial charge in [-0.3, -0.25) is 9.59 Å². The van der Waals surface area contributed by atoms with Crippen LogP contribution in [0.4, 0.5) is 0 Å². The number of carbonyl (C=O) groups is 2. The van der Waals surface area contributed by atoms with Crippen LogP contribution in [-0.4, -0.2) is 47.9 Å². The largest absolute Gasteiger partial charge is 0.352 e. The highest BCUT2D eigenvalue weighted by Gasteiger charge is 2.23. The number of hydrogen-bond acceptors (Lipinski definition) is 3. The van der Waals surface area contributed by atoms with Gasteiger partial charge in [-0.1, -0.05) is 0 Å². The quantitative estimate of drug-likeness (QED) is 0.797. The van der Waals surface area contributed by atoms with Gasteiger partial charge in [0.25, 0.3) is 0 Å². The first-order valence-corrected chi connectivity index (χ1v) is 7.08. The molecule has 1 aliphatic rings.